The molecular weight excluding hydrogens is 208 g/mol. The average molecular weight is 238 g/mol. The van der Waals surface area contributed by atoms with Crippen molar-refractivity contribution in [3.63, 3.8) is 0 Å². The molecule has 2 heteroatoms. The van der Waals surface area contributed by atoms with Crippen molar-refractivity contribution in [1.29, 1.82) is 0 Å². The Morgan fingerprint density at radius 2 is 1.53 bits per heavy atom. The van der Waals surface area contributed by atoms with Gasteiger partial charge < -0.3 is 10.2 Å². The Balaban J connectivity index is 1.58. The van der Waals surface area contributed by atoms with Crippen LogP contribution in [0, 0.1) is 11.8 Å². The van der Waals surface area contributed by atoms with Crippen LogP contribution < -0.4 is 5.32 Å². The maximum Gasteiger partial charge on any atom is 0.00965 e. The molecular formula is C15H30N2. The Kier molecular flexibility index (Phi) is 4.48. The van der Waals surface area contributed by atoms with Gasteiger partial charge in [0.25, 0.3) is 0 Å². The van der Waals surface area contributed by atoms with E-state index in [1.165, 1.54) is 51.7 Å². The number of hydrogen-bond donors (Lipinski definition) is 1. The summed E-state index contributed by atoms with van der Waals surface area (Å²) in [7, 11) is 0. The lowest BCUT2D eigenvalue weighted by Gasteiger charge is -2.24. The molecule has 2 aliphatic rings. The van der Waals surface area contributed by atoms with Crippen molar-refractivity contribution in [3.05, 3.63) is 0 Å². The van der Waals surface area contributed by atoms with Crippen LogP contribution in [0.4, 0.5) is 0 Å². The van der Waals surface area contributed by atoms with Gasteiger partial charge in [0, 0.05) is 18.6 Å². The second kappa shape index (κ2) is 5.71. The highest BCUT2D eigenvalue weighted by atomic mass is 15.1. The molecule has 2 fully saturated rings. The average Bonchev–Trinajstić information content (AvgIpc) is 3.05. The Labute approximate surface area is 107 Å². The summed E-state index contributed by atoms with van der Waals surface area (Å²) in [6.07, 6.45) is 7.25. The zero-order valence-corrected chi connectivity index (χ0v) is 12.0. The summed E-state index contributed by atoms with van der Waals surface area (Å²) in [5.74, 6) is 2.09. The summed E-state index contributed by atoms with van der Waals surface area (Å²) in [6, 6.07) is 0. The Hall–Kier alpha value is -0.0800. The maximum atomic E-state index is 3.59. The number of nitrogens with one attached hydrogen (secondary N) is 1. The molecule has 0 heterocycles. The molecule has 1 N–H and O–H groups in total. The first-order valence-corrected chi connectivity index (χ1v) is 7.50. The first-order valence-electron chi connectivity index (χ1n) is 7.50. The highest BCUT2D eigenvalue weighted by molar-refractivity contribution is 4.82. The minimum Gasteiger partial charge on any atom is -0.312 e. The van der Waals surface area contributed by atoms with Gasteiger partial charge >= 0.3 is 0 Å². The van der Waals surface area contributed by atoms with E-state index >= 15 is 0 Å². The van der Waals surface area contributed by atoms with Crippen molar-refractivity contribution in [2.75, 3.05) is 26.2 Å². The Morgan fingerprint density at radius 3 is 1.94 bits per heavy atom. The fraction of sp³-hybridized carbons (Fsp3) is 1.00. The molecule has 2 rings (SSSR count). The van der Waals surface area contributed by atoms with Gasteiger partial charge in [0.1, 0.15) is 0 Å². The standard InChI is InChI=1S/C15H30N2/c1-15(2,3)16-9-4-10-17(11-13-5-6-13)12-14-7-8-14/h13-14,16H,4-12H2,1-3H3. The van der Waals surface area contributed by atoms with Crippen LogP contribution in [0.25, 0.3) is 0 Å². The second-order valence-corrected chi connectivity index (χ2v) is 7.18. The van der Waals surface area contributed by atoms with Crippen LogP contribution in [0.15, 0.2) is 0 Å². The number of rotatable bonds is 8. The lowest BCUT2D eigenvalue weighted by molar-refractivity contribution is 0.245. The first kappa shape index (κ1) is 13.4. The van der Waals surface area contributed by atoms with Crippen molar-refractivity contribution in [2.45, 2.75) is 58.4 Å². The maximum absolute atomic E-state index is 3.59. The van der Waals surface area contributed by atoms with Crippen LogP contribution in [0.5, 0.6) is 0 Å². The van der Waals surface area contributed by atoms with Crippen molar-refractivity contribution >= 4 is 0 Å². The lowest BCUT2D eigenvalue weighted by atomic mass is 10.1. The van der Waals surface area contributed by atoms with E-state index in [0.29, 0.717) is 0 Å². The Bertz CT molecular complexity index is 210. The minimum atomic E-state index is 0.276. The molecule has 0 saturated heterocycles. The van der Waals surface area contributed by atoms with E-state index in [1.54, 1.807) is 0 Å². The normalized spacial score (nSPS) is 21.2. The molecule has 100 valence electrons. The predicted octanol–water partition coefficient (Wildman–Crippen LogP) is 2.89. The molecule has 0 radical (unpaired) electrons. The minimum absolute atomic E-state index is 0.276. The van der Waals surface area contributed by atoms with E-state index in [2.05, 4.69) is 31.0 Å². The van der Waals surface area contributed by atoms with Gasteiger partial charge in [-0.25, -0.2) is 0 Å². The van der Waals surface area contributed by atoms with E-state index in [1.807, 2.05) is 0 Å². The van der Waals surface area contributed by atoms with Crippen molar-refractivity contribution < 1.29 is 0 Å². The van der Waals surface area contributed by atoms with Crippen LogP contribution in [0.3, 0.4) is 0 Å². The summed E-state index contributed by atoms with van der Waals surface area (Å²) in [6.45, 7) is 12.0. The van der Waals surface area contributed by atoms with Crippen LogP contribution in [-0.4, -0.2) is 36.6 Å². The molecule has 2 aliphatic carbocycles. The summed E-state index contributed by atoms with van der Waals surface area (Å²) in [4.78, 5) is 2.74. The first-order chi connectivity index (χ1) is 8.03. The van der Waals surface area contributed by atoms with E-state index in [9.17, 15) is 0 Å². The van der Waals surface area contributed by atoms with Gasteiger partial charge in [-0.2, -0.15) is 0 Å². The highest BCUT2D eigenvalue weighted by Crippen LogP contribution is 2.33. The quantitative estimate of drug-likeness (QED) is 0.654. The third-order valence-corrected chi connectivity index (χ3v) is 3.73. The third-order valence-electron chi connectivity index (χ3n) is 3.73. The van der Waals surface area contributed by atoms with Crippen LogP contribution in [0.1, 0.15) is 52.9 Å². The largest absolute Gasteiger partial charge is 0.312 e. The molecule has 0 bridgehead atoms. The number of nitrogens with zero attached hydrogens (tertiary/aromatic N) is 1. The lowest BCUT2D eigenvalue weighted by Crippen LogP contribution is -2.38. The molecule has 0 aromatic carbocycles. The van der Waals surface area contributed by atoms with Gasteiger partial charge in [-0.05, 0) is 77.8 Å². The summed E-state index contributed by atoms with van der Waals surface area (Å²) >= 11 is 0. The van der Waals surface area contributed by atoms with E-state index in [-0.39, 0.29) is 5.54 Å². The molecule has 0 aliphatic heterocycles. The third kappa shape index (κ3) is 6.42. The second-order valence-electron chi connectivity index (χ2n) is 7.18. The SMILES string of the molecule is CC(C)(C)NCCCN(CC1CC1)CC1CC1. The Morgan fingerprint density at radius 1 is 1.00 bits per heavy atom. The van der Waals surface area contributed by atoms with Crippen molar-refractivity contribution in [1.82, 2.24) is 10.2 Å². The van der Waals surface area contributed by atoms with Gasteiger partial charge in [0.15, 0.2) is 0 Å². The van der Waals surface area contributed by atoms with Gasteiger partial charge in [-0.3, -0.25) is 0 Å². The number of hydrogen-bond acceptors (Lipinski definition) is 2. The van der Waals surface area contributed by atoms with Crippen LogP contribution >= 0.6 is 0 Å². The molecule has 0 amide bonds. The summed E-state index contributed by atoms with van der Waals surface area (Å²) in [5, 5.41) is 3.59. The topological polar surface area (TPSA) is 15.3 Å². The van der Waals surface area contributed by atoms with Crippen molar-refractivity contribution in [3.8, 4) is 0 Å². The molecule has 0 spiro atoms. The molecule has 0 unspecified atom stereocenters. The fourth-order valence-corrected chi connectivity index (χ4v) is 2.35. The van der Waals surface area contributed by atoms with Crippen LogP contribution in [0.2, 0.25) is 0 Å². The van der Waals surface area contributed by atoms with E-state index in [4.69, 9.17) is 0 Å². The smallest absolute Gasteiger partial charge is 0.00965 e. The molecule has 0 aromatic rings. The van der Waals surface area contributed by atoms with Crippen molar-refractivity contribution in [2.24, 2.45) is 11.8 Å². The molecule has 2 saturated carbocycles. The summed E-state index contributed by atoms with van der Waals surface area (Å²) < 4.78 is 0. The molecule has 0 atom stereocenters. The van der Waals surface area contributed by atoms with Gasteiger partial charge in [0.2, 0.25) is 0 Å². The van der Waals surface area contributed by atoms with E-state index < -0.39 is 0 Å². The summed E-state index contributed by atoms with van der Waals surface area (Å²) in [5.41, 5.74) is 0.276. The zero-order chi connectivity index (χ0) is 12.3. The highest BCUT2D eigenvalue weighted by Gasteiger charge is 2.28. The van der Waals surface area contributed by atoms with Crippen LogP contribution in [-0.2, 0) is 0 Å². The fourth-order valence-electron chi connectivity index (χ4n) is 2.35. The molecule has 17 heavy (non-hydrogen) atoms. The van der Waals surface area contributed by atoms with Gasteiger partial charge in [0.05, 0.1) is 0 Å². The zero-order valence-electron chi connectivity index (χ0n) is 12.0. The monoisotopic (exact) mass is 238 g/mol. The molecule has 2 nitrogen and oxygen atoms in total. The molecule has 0 aromatic heterocycles. The van der Waals surface area contributed by atoms with E-state index in [0.717, 1.165) is 18.4 Å². The van der Waals surface area contributed by atoms with Gasteiger partial charge in [-0.1, -0.05) is 0 Å². The van der Waals surface area contributed by atoms with Gasteiger partial charge in [-0.15, -0.1) is 0 Å². The predicted molar refractivity (Wildman–Crippen MR) is 74.3 cm³/mol.